The molecule has 1 aromatic carbocycles. The summed E-state index contributed by atoms with van der Waals surface area (Å²) in [5, 5.41) is 3.38. The van der Waals surface area contributed by atoms with Gasteiger partial charge >= 0.3 is 0 Å². The van der Waals surface area contributed by atoms with Crippen LogP contribution in [0.5, 0.6) is 0 Å². The first kappa shape index (κ1) is 12.4. The number of anilines is 1. The molecule has 2 nitrogen and oxygen atoms in total. The lowest BCUT2D eigenvalue weighted by Gasteiger charge is -2.12. The second-order valence-corrected chi connectivity index (χ2v) is 4.07. The van der Waals surface area contributed by atoms with E-state index in [0.29, 0.717) is 0 Å². The van der Waals surface area contributed by atoms with Crippen LogP contribution in [-0.2, 0) is 0 Å². The third-order valence-corrected chi connectivity index (χ3v) is 2.86. The first-order valence-electron chi connectivity index (χ1n) is 6.24. The van der Waals surface area contributed by atoms with Crippen LogP contribution in [0.1, 0.15) is 18.9 Å². The molecule has 0 saturated carbocycles. The predicted molar refractivity (Wildman–Crippen MR) is 80.0 cm³/mol. The Morgan fingerprint density at radius 3 is 2.78 bits per heavy atom. The Hall–Kier alpha value is -2.09. The van der Waals surface area contributed by atoms with Gasteiger partial charge in [-0.25, -0.2) is 0 Å². The Morgan fingerprint density at radius 2 is 2.00 bits per heavy atom. The molecule has 2 heteroatoms. The molecule has 0 fully saturated rings. The number of nitrogens with one attached hydrogen (secondary N) is 1. The van der Waals surface area contributed by atoms with Crippen molar-refractivity contribution < 1.29 is 0 Å². The normalized spacial score (nSPS) is 14.5. The minimum absolute atomic E-state index is 0.903. The van der Waals surface area contributed by atoms with Gasteiger partial charge in [-0.2, -0.15) is 0 Å². The van der Waals surface area contributed by atoms with Crippen molar-refractivity contribution in [2.24, 2.45) is 4.99 Å². The van der Waals surface area contributed by atoms with E-state index in [0.717, 1.165) is 29.9 Å². The van der Waals surface area contributed by atoms with E-state index < -0.39 is 0 Å². The maximum Gasteiger partial charge on any atom is 0.0698 e. The summed E-state index contributed by atoms with van der Waals surface area (Å²) in [5.41, 5.74) is 4.35. The Bertz CT molecular complexity index is 522. The zero-order chi connectivity index (χ0) is 12.8. The van der Waals surface area contributed by atoms with Gasteiger partial charge in [-0.05, 0) is 32.2 Å². The Labute approximate surface area is 108 Å². The maximum absolute atomic E-state index is 4.13. The molecule has 0 amide bonds. The van der Waals surface area contributed by atoms with Crippen LogP contribution in [0.25, 0.3) is 5.57 Å². The minimum atomic E-state index is 0.903. The van der Waals surface area contributed by atoms with Crippen LogP contribution in [0.3, 0.4) is 0 Å². The van der Waals surface area contributed by atoms with Gasteiger partial charge in [0.25, 0.3) is 0 Å². The van der Waals surface area contributed by atoms with Gasteiger partial charge in [0.15, 0.2) is 0 Å². The van der Waals surface area contributed by atoms with Crippen LogP contribution in [-0.4, -0.2) is 13.3 Å². The van der Waals surface area contributed by atoms with Gasteiger partial charge in [-0.15, -0.1) is 0 Å². The maximum atomic E-state index is 4.13. The molecular weight excluding hydrogens is 220 g/mol. The lowest BCUT2D eigenvalue weighted by Crippen LogP contribution is -2.00. The summed E-state index contributed by atoms with van der Waals surface area (Å²) < 4.78 is 0. The fraction of sp³-hybridized carbons (Fsp3) is 0.188. The number of aliphatic imine (C=N–C) groups is 1. The fourth-order valence-electron chi connectivity index (χ4n) is 2.05. The fourth-order valence-corrected chi connectivity index (χ4v) is 2.05. The van der Waals surface area contributed by atoms with Gasteiger partial charge in [-0.1, -0.05) is 36.4 Å². The first-order chi connectivity index (χ1) is 8.86. The third-order valence-electron chi connectivity index (χ3n) is 2.86. The lowest BCUT2D eigenvalue weighted by atomic mass is 10.0. The molecule has 0 spiro atoms. The number of nitrogens with zero attached hydrogens (tertiary/aromatic N) is 1. The van der Waals surface area contributed by atoms with Crippen molar-refractivity contribution in [3.05, 3.63) is 59.8 Å². The first-order valence-corrected chi connectivity index (χ1v) is 6.24. The molecule has 1 aliphatic rings. The molecule has 1 aromatic rings. The van der Waals surface area contributed by atoms with E-state index >= 15 is 0 Å². The molecule has 0 heterocycles. The van der Waals surface area contributed by atoms with Crippen molar-refractivity contribution >= 4 is 18.0 Å². The summed E-state index contributed by atoms with van der Waals surface area (Å²) >= 11 is 0. The average molecular weight is 238 g/mol. The van der Waals surface area contributed by atoms with E-state index in [1.165, 1.54) is 5.56 Å². The molecule has 18 heavy (non-hydrogen) atoms. The molecule has 0 bridgehead atoms. The zero-order valence-electron chi connectivity index (χ0n) is 10.7. The highest BCUT2D eigenvalue weighted by Crippen LogP contribution is 2.29. The van der Waals surface area contributed by atoms with E-state index in [1.807, 2.05) is 18.2 Å². The molecule has 0 aliphatic heterocycles. The van der Waals surface area contributed by atoms with Crippen LogP contribution in [0, 0.1) is 0 Å². The molecule has 2 rings (SSSR count). The summed E-state index contributed by atoms with van der Waals surface area (Å²) in [6, 6.07) is 8.29. The van der Waals surface area contributed by atoms with Crippen LogP contribution in [0.15, 0.2) is 59.3 Å². The van der Waals surface area contributed by atoms with Crippen LogP contribution >= 0.6 is 0 Å². The van der Waals surface area contributed by atoms with Crippen LogP contribution < -0.4 is 5.32 Å². The van der Waals surface area contributed by atoms with Crippen molar-refractivity contribution in [1.82, 2.24) is 0 Å². The number of hydrogen-bond acceptors (Lipinski definition) is 2. The summed E-state index contributed by atoms with van der Waals surface area (Å²) in [6.45, 7) is 6.67. The standard InChI is InChI=1S/C16H18N2/c1-3-18-16-12-8-7-10-14(16)13-9-5-4-6-11-15(13)17-2/h5-12,18H,2-4H2,1H3. The quantitative estimate of drug-likeness (QED) is 0.786. The van der Waals surface area contributed by atoms with Gasteiger partial charge in [0, 0.05) is 23.4 Å². The third kappa shape index (κ3) is 2.59. The van der Waals surface area contributed by atoms with Crippen molar-refractivity contribution in [3.63, 3.8) is 0 Å². The van der Waals surface area contributed by atoms with E-state index in [4.69, 9.17) is 0 Å². The predicted octanol–water partition coefficient (Wildman–Crippen LogP) is 4.05. The molecule has 0 saturated heterocycles. The van der Waals surface area contributed by atoms with Gasteiger partial charge < -0.3 is 5.32 Å². The van der Waals surface area contributed by atoms with E-state index in [-0.39, 0.29) is 0 Å². The molecule has 0 aromatic heterocycles. The van der Waals surface area contributed by atoms with Crippen LogP contribution in [0.4, 0.5) is 5.69 Å². The summed E-state index contributed by atoms with van der Waals surface area (Å²) in [4.78, 5) is 4.13. The highest BCUT2D eigenvalue weighted by Gasteiger charge is 2.09. The summed E-state index contributed by atoms with van der Waals surface area (Å²) in [5.74, 6) is 0. The topological polar surface area (TPSA) is 24.4 Å². The zero-order valence-corrected chi connectivity index (χ0v) is 10.7. The van der Waals surface area contributed by atoms with Gasteiger partial charge in [0.2, 0.25) is 0 Å². The Kier molecular flexibility index (Phi) is 4.13. The average Bonchev–Trinajstić information content (AvgIpc) is 2.65. The monoisotopic (exact) mass is 238 g/mol. The highest BCUT2D eigenvalue weighted by molar-refractivity contribution is 5.85. The second kappa shape index (κ2) is 6.01. The molecule has 0 radical (unpaired) electrons. The number of benzene rings is 1. The lowest BCUT2D eigenvalue weighted by molar-refractivity contribution is 1.21. The molecule has 0 unspecified atom stereocenters. The highest BCUT2D eigenvalue weighted by atomic mass is 14.9. The van der Waals surface area contributed by atoms with Crippen molar-refractivity contribution in [1.29, 1.82) is 0 Å². The smallest absolute Gasteiger partial charge is 0.0698 e. The minimum Gasteiger partial charge on any atom is -0.385 e. The van der Waals surface area contributed by atoms with E-state index in [1.54, 1.807) is 0 Å². The summed E-state index contributed by atoms with van der Waals surface area (Å²) in [6.07, 6.45) is 9.34. The molecule has 1 aliphatic carbocycles. The van der Waals surface area contributed by atoms with Gasteiger partial charge in [0.05, 0.1) is 5.70 Å². The Morgan fingerprint density at radius 1 is 1.22 bits per heavy atom. The van der Waals surface area contributed by atoms with Crippen molar-refractivity contribution in [3.8, 4) is 0 Å². The number of hydrogen-bond donors (Lipinski definition) is 1. The molecular formula is C16H18N2. The largest absolute Gasteiger partial charge is 0.385 e. The van der Waals surface area contributed by atoms with Crippen molar-refractivity contribution in [2.45, 2.75) is 13.3 Å². The molecule has 92 valence electrons. The van der Waals surface area contributed by atoms with E-state index in [2.05, 4.69) is 54.3 Å². The second-order valence-electron chi connectivity index (χ2n) is 4.07. The van der Waals surface area contributed by atoms with Gasteiger partial charge in [-0.3, -0.25) is 4.99 Å². The number of para-hydroxylation sites is 1. The van der Waals surface area contributed by atoms with E-state index in [9.17, 15) is 0 Å². The SMILES string of the molecule is C=NC1=C(c2ccccc2NCC)C=CCC=C1. The Balaban J connectivity index is 2.55. The van der Waals surface area contributed by atoms with Crippen LogP contribution in [0.2, 0.25) is 0 Å². The number of rotatable bonds is 4. The molecule has 0 atom stereocenters. The molecule has 1 N–H and O–H groups in total. The van der Waals surface area contributed by atoms with Gasteiger partial charge in [0.1, 0.15) is 0 Å². The van der Waals surface area contributed by atoms with Crippen molar-refractivity contribution in [2.75, 3.05) is 11.9 Å². The number of allylic oxidation sites excluding steroid dienone is 5. The summed E-state index contributed by atoms with van der Waals surface area (Å²) in [7, 11) is 0.